The molecule has 0 saturated carbocycles. The molecule has 0 aromatic rings. The topological polar surface area (TPSA) is 80.7 Å². The van der Waals surface area contributed by atoms with Gasteiger partial charge >= 0.3 is 10.4 Å². The molecule has 1 atom stereocenters. The standard InChI is InChI=1S/C6H8O5S/c7-5-3-1-2-4-6(5)11-12(8,9)10/h1-2,6H,3-4H2,(H,8,9,10). The first-order valence-electron chi connectivity index (χ1n) is 3.32. The maximum absolute atomic E-state index is 10.9. The van der Waals surface area contributed by atoms with E-state index in [1.807, 2.05) is 0 Å². The van der Waals surface area contributed by atoms with E-state index in [-0.39, 0.29) is 18.6 Å². The molecule has 1 aliphatic carbocycles. The molecule has 0 spiro atoms. The lowest BCUT2D eigenvalue weighted by atomic mass is 10.0. The summed E-state index contributed by atoms with van der Waals surface area (Å²) < 4.78 is 32.8. The van der Waals surface area contributed by atoms with Crippen molar-refractivity contribution in [2.45, 2.75) is 18.9 Å². The van der Waals surface area contributed by atoms with E-state index in [0.717, 1.165) is 0 Å². The second kappa shape index (κ2) is 3.34. The molecule has 6 heteroatoms. The lowest BCUT2D eigenvalue weighted by Crippen LogP contribution is -2.27. The van der Waals surface area contributed by atoms with Gasteiger partial charge in [0.2, 0.25) is 0 Å². The van der Waals surface area contributed by atoms with Crippen molar-refractivity contribution in [2.75, 3.05) is 0 Å². The maximum atomic E-state index is 10.9. The Hall–Kier alpha value is -0.720. The number of carbonyl (C=O) groups excluding carboxylic acids is 1. The SMILES string of the molecule is O=C1CC=CCC1OS(=O)(=O)O. The van der Waals surface area contributed by atoms with Crippen molar-refractivity contribution in [3.05, 3.63) is 12.2 Å². The number of ketones is 1. The van der Waals surface area contributed by atoms with Gasteiger partial charge in [-0.1, -0.05) is 12.2 Å². The van der Waals surface area contributed by atoms with Gasteiger partial charge in [0.1, 0.15) is 6.10 Å². The van der Waals surface area contributed by atoms with Gasteiger partial charge in [0, 0.05) is 12.8 Å². The molecule has 0 saturated heterocycles. The second-order valence-corrected chi connectivity index (χ2v) is 3.44. The van der Waals surface area contributed by atoms with Crippen LogP contribution in [0.2, 0.25) is 0 Å². The van der Waals surface area contributed by atoms with E-state index in [4.69, 9.17) is 4.55 Å². The summed E-state index contributed by atoms with van der Waals surface area (Å²) in [5.41, 5.74) is 0. The molecule has 1 N–H and O–H groups in total. The number of allylic oxidation sites excluding steroid dienone is 1. The number of carbonyl (C=O) groups is 1. The highest BCUT2D eigenvalue weighted by Crippen LogP contribution is 2.12. The van der Waals surface area contributed by atoms with Crippen LogP contribution in [0, 0.1) is 0 Å². The molecule has 0 aromatic carbocycles. The smallest absolute Gasteiger partial charge is 0.296 e. The number of hydrogen-bond donors (Lipinski definition) is 1. The Morgan fingerprint density at radius 3 is 2.67 bits per heavy atom. The zero-order valence-electron chi connectivity index (χ0n) is 6.13. The molecule has 1 aliphatic rings. The van der Waals surface area contributed by atoms with Gasteiger partial charge in [-0.25, -0.2) is 4.18 Å². The first kappa shape index (κ1) is 9.37. The summed E-state index contributed by atoms with van der Waals surface area (Å²) in [7, 11) is -4.51. The van der Waals surface area contributed by atoms with Crippen molar-refractivity contribution >= 4 is 16.2 Å². The fourth-order valence-electron chi connectivity index (χ4n) is 0.922. The Labute approximate surface area is 70.0 Å². The van der Waals surface area contributed by atoms with Gasteiger partial charge in [-0.15, -0.1) is 0 Å². The molecule has 1 unspecified atom stereocenters. The van der Waals surface area contributed by atoms with Crippen LogP contribution in [0.5, 0.6) is 0 Å². The number of Topliss-reactive ketones (excluding diaryl/α,β-unsaturated/α-hetero) is 1. The van der Waals surface area contributed by atoms with Crippen LogP contribution in [-0.2, 0) is 19.4 Å². The molecule has 0 aliphatic heterocycles. The summed E-state index contributed by atoms with van der Waals surface area (Å²) in [4.78, 5) is 10.9. The average molecular weight is 192 g/mol. The Balaban J connectivity index is 2.64. The first-order valence-corrected chi connectivity index (χ1v) is 4.69. The van der Waals surface area contributed by atoms with Crippen LogP contribution >= 0.6 is 0 Å². The van der Waals surface area contributed by atoms with Crippen molar-refractivity contribution in [1.82, 2.24) is 0 Å². The molecule has 0 heterocycles. The summed E-state index contributed by atoms with van der Waals surface area (Å²) in [6.07, 6.45) is 2.56. The summed E-state index contributed by atoms with van der Waals surface area (Å²) >= 11 is 0. The maximum Gasteiger partial charge on any atom is 0.398 e. The van der Waals surface area contributed by atoms with Crippen LogP contribution in [0.3, 0.4) is 0 Å². The molecule has 0 radical (unpaired) electrons. The molecule has 12 heavy (non-hydrogen) atoms. The van der Waals surface area contributed by atoms with E-state index >= 15 is 0 Å². The van der Waals surface area contributed by atoms with E-state index in [9.17, 15) is 13.2 Å². The minimum absolute atomic E-state index is 0.153. The predicted octanol–water partition coefficient (Wildman–Crippen LogP) is 0.0935. The van der Waals surface area contributed by atoms with E-state index in [1.54, 1.807) is 12.2 Å². The highest BCUT2D eigenvalue weighted by molar-refractivity contribution is 7.80. The fraction of sp³-hybridized carbons (Fsp3) is 0.500. The fourth-order valence-corrected chi connectivity index (χ4v) is 1.40. The van der Waals surface area contributed by atoms with Crippen molar-refractivity contribution in [1.29, 1.82) is 0 Å². The molecule has 0 bridgehead atoms. The van der Waals surface area contributed by atoms with Crippen molar-refractivity contribution in [3.63, 3.8) is 0 Å². The van der Waals surface area contributed by atoms with Gasteiger partial charge in [-0.3, -0.25) is 9.35 Å². The Morgan fingerprint density at radius 2 is 2.17 bits per heavy atom. The van der Waals surface area contributed by atoms with Crippen LogP contribution in [-0.4, -0.2) is 24.9 Å². The van der Waals surface area contributed by atoms with Crippen molar-refractivity contribution < 1.29 is 21.9 Å². The minimum atomic E-state index is -4.51. The number of hydrogen-bond acceptors (Lipinski definition) is 4. The summed E-state index contributed by atoms with van der Waals surface area (Å²) in [5, 5.41) is 0. The lowest BCUT2D eigenvalue weighted by Gasteiger charge is -2.14. The van der Waals surface area contributed by atoms with Crippen molar-refractivity contribution in [3.8, 4) is 0 Å². The van der Waals surface area contributed by atoms with E-state index in [0.29, 0.717) is 0 Å². The zero-order valence-corrected chi connectivity index (χ0v) is 6.95. The minimum Gasteiger partial charge on any atom is -0.296 e. The van der Waals surface area contributed by atoms with Crippen LogP contribution in [0.1, 0.15) is 12.8 Å². The highest BCUT2D eigenvalue weighted by Gasteiger charge is 2.24. The van der Waals surface area contributed by atoms with Crippen LogP contribution in [0.15, 0.2) is 12.2 Å². The molecular weight excluding hydrogens is 184 g/mol. The van der Waals surface area contributed by atoms with Crippen LogP contribution in [0.25, 0.3) is 0 Å². The third kappa shape index (κ3) is 2.72. The van der Waals surface area contributed by atoms with E-state index in [1.165, 1.54) is 0 Å². The Morgan fingerprint density at radius 1 is 1.50 bits per heavy atom. The number of rotatable bonds is 2. The van der Waals surface area contributed by atoms with E-state index in [2.05, 4.69) is 4.18 Å². The summed E-state index contributed by atoms with van der Waals surface area (Å²) in [6, 6.07) is 0. The van der Waals surface area contributed by atoms with Gasteiger partial charge in [-0.2, -0.15) is 8.42 Å². The predicted molar refractivity (Wildman–Crippen MR) is 39.8 cm³/mol. The first-order chi connectivity index (χ1) is 5.49. The van der Waals surface area contributed by atoms with Crippen LogP contribution < -0.4 is 0 Å². The lowest BCUT2D eigenvalue weighted by molar-refractivity contribution is -0.125. The molecular formula is C6H8O5S. The molecule has 68 valence electrons. The molecule has 1 rings (SSSR count). The molecule has 0 fully saturated rings. The quantitative estimate of drug-likeness (QED) is 0.495. The van der Waals surface area contributed by atoms with Gasteiger partial charge in [0.05, 0.1) is 0 Å². The van der Waals surface area contributed by atoms with Crippen LogP contribution in [0.4, 0.5) is 0 Å². The average Bonchev–Trinajstić information content (AvgIpc) is 1.91. The summed E-state index contributed by atoms with van der Waals surface area (Å²) in [6.45, 7) is 0. The Bertz CT molecular complexity index is 302. The largest absolute Gasteiger partial charge is 0.398 e. The molecule has 0 amide bonds. The Kier molecular flexibility index (Phi) is 2.61. The summed E-state index contributed by atoms with van der Waals surface area (Å²) in [5.74, 6) is -0.338. The molecule has 0 aromatic heterocycles. The van der Waals surface area contributed by atoms with Gasteiger partial charge < -0.3 is 0 Å². The zero-order chi connectivity index (χ0) is 9.19. The molecule has 5 nitrogen and oxygen atoms in total. The third-order valence-corrected chi connectivity index (χ3v) is 1.91. The van der Waals surface area contributed by atoms with E-state index < -0.39 is 16.5 Å². The normalized spacial score (nSPS) is 24.4. The van der Waals surface area contributed by atoms with Gasteiger partial charge in [0.15, 0.2) is 5.78 Å². The van der Waals surface area contributed by atoms with Gasteiger partial charge in [-0.05, 0) is 0 Å². The van der Waals surface area contributed by atoms with Crippen molar-refractivity contribution in [2.24, 2.45) is 0 Å². The van der Waals surface area contributed by atoms with Gasteiger partial charge in [0.25, 0.3) is 0 Å². The highest BCUT2D eigenvalue weighted by atomic mass is 32.3. The third-order valence-electron chi connectivity index (χ3n) is 1.43. The monoisotopic (exact) mass is 192 g/mol. The second-order valence-electron chi connectivity index (χ2n) is 2.39.